The van der Waals surface area contributed by atoms with Gasteiger partial charge in [0.2, 0.25) is 0 Å². The summed E-state index contributed by atoms with van der Waals surface area (Å²) in [5, 5.41) is 35.7. The van der Waals surface area contributed by atoms with Gasteiger partial charge in [0.25, 0.3) is 12.5 Å². The van der Waals surface area contributed by atoms with E-state index in [2.05, 4.69) is 0 Å². The molecule has 2 aromatic rings. The molecule has 2 rings (SSSR count). The van der Waals surface area contributed by atoms with Gasteiger partial charge in [0.05, 0.1) is 11.1 Å². The van der Waals surface area contributed by atoms with Gasteiger partial charge in [-0.2, -0.15) is 0 Å². The second kappa shape index (κ2) is 6.81. The van der Waals surface area contributed by atoms with Crippen molar-refractivity contribution in [3.63, 3.8) is 0 Å². The Morgan fingerprint density at radius 2 is 1.17 bits per heavy atom. The van der Waals surface area contributed by atoms with Crippen molar-refractivity contribution in [2.75, 3.05) is 0 Å². The summed E-state index contributed by atoms with van der Waals surface area (Å²) in [7, 11) is 0. The average molecular weight is 324 g/mol. The van der Waals surface area contributed by atoms with Crippen LogP contribution in [-0.2, 0) is 0 Å². The monoisotopic (exact) mass is 324 g/mol. The predicted octanol–water partition coefficient (Wildman–Crippen LogP) is 2.47. The van der Waals surface area contributed by atoms with Crippen LogP contribution in [0.3, 0.4) is 0 Å². The molecule has 0 heterocycles. The van der Waals surface area contributed by atoms with E-state index < -0.39 is 11.9 Å². The third-order valence-corrected chi connectivity index (χ3v) is 3.05. The summed E-state index contributed by atoms with van der Waals surface area (Å²) in [6.07, 6.45) is 2.92. The molecule has 0 bridgehead atoms. The van der Waals surface area contributed by atoms with E-state index in [1.807, 2.05) is 0 Å². The summed E-state index contributed by atoms with van der Waals surface area (Å²) < 4.78 is 9.57. The molecule has 118 valence electrons. The van der Waals surface area contributed by atoms with Crippen molar-refractivity contribution in [1.29, 1.82) is 10.5 Å². The minimum absolute atomic E-state index is 0.00664. The van der Waals surface area contributed by atoms with E-state index in [0.717, 1.165) is 0 Å². The number of hydrogen-bond acceptors (Lipinski definition) is 6. The zero-order chi connectivity index (χ0) is 17.7. The molecule has 0 amide bonds. The Bertz CT molecular complexity index is 832. The molecule has 2 aromatic carbocycles. The zero-order valence-electron chi connectivity index (χ0n) is 11.9. The third-order valence-electron chi connectivity index (χ3n) is 3.05. The van der Waals surface area contributed by atoms with Crippen LogP contribution < -0.4 is 9.47 Å². The van der Waals surface area contributed by atoms with E-state index >= 15 is 0 Å². The fraction of sp³-hybridized carbons (Fsp3) is 0. The van der Waals surface area contributed by atoms with Crippen LogP contribution in [-0.4, -0.2) is 22.2 Å². The lowest BCUT2D eigenvalue weighted by atomic mass is 9.98. The summed E-state index contributed by atoms with van der Waals surface area (Å²) in [5.41, 5.74) is -0.0209. The maximum absolute atomic E-state index is 11.2. The summed E-state index contributed by atoms with van der Waals surface area (Å²) in [5.74, 6) is -2.46. The third kappa shape index (κ3) is 3.24. The Labute approximate surface area is 135 Å². The van der Waals surface area contributed by atoms with E-state index in [1.165, 1.54) is 48.9 Å². The van der Waals surface area contributed by atoms with Crippen molar-refractivity contribution >= 4 is 11.9 Å². The van der Waals surface area contributed by atoms with Gasteiger partial charge in [-0.15, -0.1) is 10.5 Å². The Morgan fingerprint density at radius 1 is 0.792 bits per heavy atom. The Kier molecular flexibility index (Phi) is 4.64. The van der Waals surface area contributed by atoms with Crippen LogP contribution in [0.25, 0.3) is 11.1 Å². The quantitative estimate of drug-likeness (QED) is 0.799. The van der Waals surface area contributed by atoms with Gasteiger partial charge in [-0.05, 0) is 36.4 Å². The van der Waals surface area contributed by atoms with Crippen LogP contribution in [0, 0.1) is 23.0 Å². The van der Waals surface area contributed by atoms with Crippen LogP contribution in [0.1, 0.15) is 20.7 Å². The van der Waals surface area contributed by atoms with Crippen LogP contribution >= 0.6 is 0 Å². The molecule has 2 N–H and O–H groups in total. The number of carbonyl (C=O) groups is 2. The number of carboxylic acid groups (broad SMARTS) is 2. The van der Waals surface area contributed by atoms with Crippen LogP contribution in [0.15, 0.2) is 36.4 Å². The Morgan fingerprint density at radius 3 is 1.46 bits per heavy atom. The fourth-order valence-electron chi connectivity index (χ4n) is 2.02. The molecule has 0 radical (unpaired) electrons. The highest BCUT2D eigenvalue weighted by atomic mass is 16.5. The van der Waals surface area contributed by atoms with Crippen molar-refractivity contribution in [3.05, 3.63) is 47.5 Å². The molecular weight excluding hydrogens is 316 g/mol. The lowest BCUT2D eigenvalue weighted by Crippen LogP contribution is -2.01. The molecule has 0 saturated heterocycles. The maximum Gasteiger partial charge on any atom is 0.335 e. The SMILES string of the molecule is N#COc1ccc(C(=O)O)cc1-c1cc(C(=O)O)ccc1OC#N. The molecule has 8 heteroatoms. The summed E-state index contributed by atoms with van der Waals surface area (Å²) in [6.45, 7) is 0. The standard InChI is InChI=1S/C16H8N2O6/c17-7-23-13-3-1-9(15(19)20)5-11(13)12-6-10(16(21)22)2-4-14(12)24-8-18/h1-6H,(H,19,20)(H,21,22). The fourth-order valence-corrected chi connectivity index (χ4v) is 2.02. The van der Waals surface area contributed by atoms with Crippen LogP contribution in [0.5, 0.6) is 11.5 Å². The first-order chi connectivity index (χ1) is 11.5. The lowest BCUT2D eigenvalue weighted by molar-refractivity contribution is 0.0686. The van der Waals surface area contributed by atoms with Crippen molar-refractivity contribution in [1.82, 2.24) is 0 Å². The summed E-state index contributed by atoms with van der Waals surface area (Å²) >= 11 is 0. The van der Waals surface area contributed by atoms with Gasteiger partial charge in [0, 0.05) is 11.1 Å². The van der Waals surface area contributed by atoms with Crippen LogP contribution in [0.4, 0.5) is 0 Å². The lowest BCUT2D eigenvalue weighted by Gasteiger charge is -2.11. The number of aromatic carboxylic acids is 2. The van der Waals surface area contributed by atoms with Crippen molar-refractivity contribution < 1.29 is 29.3 Å². The van der Waals surface area contributed by atoms with E-state index in [0.29, 0.717) is 0 Å². The Balaban J connectivity index is 2.77. The van der Waals surface area contributed by atoms with Gasteiger partial charge in [0.1, 0.15) is 11.5 Å². The number of carboxylic acids is 2. The van der Waals surface area contributed by atoms with E-state index in [9.17, 15) is 9.59 Å². The van der Waals surface area contributed by atoms with Crippen molar-refractivity contribution in [2.45, 2.75) is 0 Å². The molecule has 0 atom stereocenters. The van der Waals surface area contributed by atoms with Gasteiger partial charge in [-0.25, -0.2) is 9.59 Å². The Hall–Kier alpha value is -4.04. The summed E-state index contributed by atoms with van der Waals surface area (Å²) in [6, 6.07) is 7.35. The van der Waals surface area contributed by atoms with Gasteiger partial charge in [-0.1, -0.05) is 0 Å². The van der Waals surface area contributed by atoms with Crippen molar-refractivity contribution in [2.24, 2.45) is 0 Å². The van der Waals surface area contributed by atoms with E-state index in [-0.39, 0.29) is 33.8 Å². The molecule has 0 aliphatic heterocycles. The van der Waals surface area contributed by atoms with Gasteiger partial charge < -0.3 is 19.7 Å². The van der Waals surface area contributed by atoms with Crippen LogP contribution in [0.2, 0.25) is 0 Å². The number of ether oxygens (including phenoxy) is 2. The highest BCUT2D eigenvalue weighted by Gasteiger charge is 2.18. The number of benzene rings is 2. The number of hydrogen-bond donors (Lipinski definition) is 2. The molecule has 0 aliphatic rings. The summed E-state index contributed by atoms with van der Waals surface area (Å²) in [4.78, 5) is 22.3. The molecule has 0 fully saturated rings. The van der Waals surface area contributed by atoms with E-state index in [4.69, 9.17) is 30.2 Å². The predicted molar refractivity (Wildman–Crippen MR) is 78.3 cm³/mol. The molecule has 24 heavy (non-hydrogen) atoms. The number of nitrogens with zero attached hydrogens (tertiary/aromatic N) is 2. The molecular formula is C16H8N2O6. The second-order valence-electron chi connectivity index (χ2n) is 4.42. The number of rotatable bonds is 5. The highest BCUT2D eigenvalue weighted by molar-refractivity contribution is 5.94. The maximum atomic E-state index is 11.2. The first-order valence-electron chi connectivity index (χ1n) is 6.35. The molecule has 0 aliphatic carbocycles. The largest absolute Gasteiger partial charge is 0.478 e. The molecule has 0 spiro atoms. The normalized spacial score (nSPS) is 9.42. The van der Waals surface area contributed by atoms with E-state index in [1.54, 1.807) is 0 Å². The molecule has 0 unspecified atom stereocenters. The minimum atomic E-state index is -1.23. The van der Waals surface area contributed by atoms with Gasteiger partial charge in [0.15, 0.2) is 0 Å². The second-order valence-corrected chi connectivity index (χ2v) is 4.42. The van der Waals surface area contributed by atoms with Crippen molar-refractivity contribution in [3.8, 4) is 35.1 Å². The molecule has 0 aromatic heterocycles. The zero-order valence-corrected chi connectivity index (χ0v) is 11.9. The minimum Gasteiger partial charge on any atom is -0.478 e. The number of nitriles is 2. The average Bonchev–Trinajstić information content (AvgIpc) is 2.56. The van der Waals surface area contributed by atoms with Gasteiger partial charge in [-0.3, -0.25) is 0 Å². The first-order valence-corrected chi connectivity index (χ1v) is 6.35. The topological polar surface area (TPSA) is 141 Å². The smallest absolute Gasteiger partial charge is 0.335 e. The molecule has 8 nitrogen and oxygen atoms in total. The highest BCUT2D eigenvalue weighted by Crippen LogP contribution is 2.38. The van der Waals surface area contributed by atoms with Gasteiger partial charge >= 0.3 is 11.9 Å². The molecule has 0 saturated carbocycles. The first kappa shape index (κ1) is 16.3.